The minimum Gasteiger partial charge on any atom is -0.379 e. The third kappa shape index (κ3) is 4.31. The Balaban J connectivity index is 1.31. The number of guanidine groups is 1. The molecule has 1 aromatic carbocycles. The van der Waals surface area contributed by atoms with Crippen molar-refractivity contribution >= 4 is 5.96 Å². The number of hydrogen-bond donors (Lipinski definition) is 1. The standard InChI is InChI=1S/C20H27N5O2/c1-21-20(25-8-7-17(15-25)24-9-11-26-12-10-24)22-14-18-13-19(23-27-18)16-5-3-2-4-6-16/h2-6,13,17H,7-12,14-15H2,1H3,(H,21,22). The summed E-state index contributed by atoms with van der Waals surface area (Å²) in [6, 6.07) is 12.6. The molecule has 7 heteroatoms. The third-order valence-electron chi connectivity index (χ3n) is 5.29. The van der Waals surface area contributed by atoms with Gasteiger partial charge in [0.1, 0.15) is 5.69 Å². The van der Waals surface area contributed by atoms with Gasteiger partial charge in [0, 0.05) is 50.9 Å². The van der Waals surface area contributed by atoms with Crippen LogP contribution in [0.3, 0.4) is 0 Å². The zero-order valence-corrected chi connectivity index (χ0v) is 15.8. The summed E-state index contributed by atoms with van der Waals surface area (Å²) in [6.45, 7) is 6.36. The number of nitrogens with one attached hydrogen (secondary N) is 1. The lowest BCUT2D eigenvalue weighted by molar-refractivity contribution is 0.0195. The number of ether oxygens (including phenoxy) is 1. The van der Waals surface area contributed by atoms with E-state index in [9.17, 15) is 0 Å². The van der Waals surface area contributed by atoms with E-state index in [1.165, 1.54) is 6.42 Å². The molecule has 3 heterocycles. The number of aliphatic imine (C=N–C) groups is 1. The Morgan fingerprint density at radius 3 is 2.81 bits per heavy atom. The van der Waals surface area contributed by atoms with Gasteiger partial charge in [0.05, 0.1) is 19.8 Å². The highest BCUT2D eigenvalue weighted by molar-refractivity contribution is 5.80. The van der Waals surface area contributed by atoms with E-state index in [-0.39, 0.29) is 0 Å². The maximum Gasteiger partial charge on any atom is 0.194 e. The molecule has 4 rings (SSSR count). The maximum atomic E-state index is 5.48. The van der Waals surface area contributed by atoms with Crippen molar-refractivity contribution in [3.05, 3.63) is 42.2 Å². The molecule has 2 aliphatic heterocycles. The number of hydrogen-bond acceptors (Lipinski definition) is 5. The Hall–Kier alpha value is -2.38. The molecule has 2 aromatic rings. The first-order valence-electron chi connectivity index (χ1n) is 9.62. The maximum absolute atomic E-state index is 5.48. The molecule has 2 fully saturated rings. The average molecular weight is 369 g/mol. The first-order valence-corrected chi connectivity index (χ1v) is 9.62. The van der Waals surface area contributed by atoms with Crippen LogP contribution in [0, 0.1) is 0 Å². The molecular weight excluding hydrogens is 342 g/mol. The average Bonchev–Trinajstić information content (AvgIpc) is 3.40. The molecule has 1 atom stereocenters. The second-order valence-electron chi connectivity index (χ2n) is 6.98. The lowest BCUT2D eigenvalue weighted by Crippen LogP contribution is -2.46. The highest BCUT2D eigenvalue weighted by Gasteiger charge is 2.30. The smallest absolute Gasteiger partial charge is 0.194 e. The topological polar surface area (TPSA) is 66.1 Å². The molecule has 1 N–H and O–H groups in total. The fraction of sp³-hybridized carbons (Fsp3) is 0.500. The van der Waals surface area contributed by atoms with Gasteiger partial charge in [-0.1, -0.05) is 35.5 Å². The van der Waals surface area contributed by atoms with Crippen LogP contribution < -0.4 is 5.32 Å². The molecule has 0 amide bonds. The second kappa shape index (κ2) is 8.54. The Kier molecular flexibility index (Phi) is 5.69. The van der Waals surface area contributed by atoms with E-state index in [2.05, 4.69) is 25.3 Å². The fourth-order valence-corrected chi connectivity index (χ4v) is 3.81. The highest BCUT2D eigenvalue weighted by atomic mass is 16.5. The lowest BCUT2D eigenvalue weighted by Gasteiger charge is -2.32. The molecular formula is C20H27N5O2. The largest absolute Gasteiger partial charge is 0.379 e. The predicted molar refractivity (Wildman–Crippen MR) is 105 cm³/mol. The predicted octanol–water partition coefficient (Wildman–Crippen LogP) is 1.82. The number of rotatable bonds is 4. The van der Waals surface area contributed by atoms with Crippen LogP contribution in [0.2, 0.25) is 0 Å². The van der Waals surface area contributed by atoms with Gasteiger partial charge < -0.3 is 19.5 Å². The van der Waals surface area contributed by atoms with Gasteiger partial charge in [0.2, 0.25) is 0 Å². The molecule has 0 aliphatic carbocycles. The first kappa shape index (κ1) is 18.0. The molecule has 0 radical (unpaired) electrons. The van der Waals surface area contributed by atoms with Gasteiger partial charge in [0.25, 0.3) is 0 Å². The summed E-state index contributed by atoms with van der Waals surface area (Å²) >= 11 is 0. The van der Waals surface area contributed by atoms with E-state index < -0.39 is 0 Å². The van der Waals surface area contributed by atoms with Gasteiger partial charge in [-0.2, -0.15) is 0 Å². The molecule has 1 unspecified atom stereocenters. The zero-order chi connectivity index (χ0) is 18.5. The van der Waals surface area contributed by atoms with Crippen molar-refractivity contribution in [1.82, 2.24) is 20.3 Å². The van der Waals surface area contributed by atoms with Crippen molar-refractivity contribution in [1.29, 1.82) is 0 Å². The van der Waals surface area contributed by atoms with E-state index >= 15 is 0 Å². The van der Waals surface area contributed by atoms with Crippen LogP contribution in [-0.4, -0.2) is 73.4 Å². The zero-order valence-electron chi connectivity index (χ0n) is 15.8. The number of likely N-dealkylation sites (tertiary alicyclic amines) is 1. The third-order valence-corrected chi connectivity index (χ3v) is 5.29. The van der Waals surface area contributed by atoms with Crippen molar-refractivity contribution in [2.75, 3.05) is 46.4 Å². The van der Waals surface area contributed by atoms with Crippen LogP contribution in [0.1, 0.15) is 12.2 Å². The molecule has 0 saturated carbocycles. The molecule has 144 valence electrons. The van der Waals surface area contributed by atoms with Gasteiger partial charge in [0.15, 0.2) is 11.7 Å². The minimum absolute atomic E-state index is 0.575. The van der Waals surface area contributed by atoms with Crippen molar-refractivity contribution in [3.8, 4) is 11.3 Å². The van der Waals surface area contributed by atoms with Crippen LogP contribution in [0.25, 0.3) is 11.3 Å². The Morgan fingerprint density at radius 1 is 1.22 bits per heavy atom. The van der Waals surface area contributed by atoms with E-state index in [0.717, 1.165) is 62.4 Å². The van der Waals surface area contributed by atoms with E-state index in [4.69, 9.17) is 9.26 Å². The Labute approximate surface area is 160 Å². The van der Waals surface area contributed by atoms with Crippen LogP contribution in [0.4, 0.5) is 0 Å². The van der Waals surface area contributed by atoms with Crippen molar-refractivity contribution in [2.45, 2.75) is 19.0 Å². The highest BCUT2D eigenvalue weighted by Crippen LogP contribution is 2.19. The normalized spacial score (nSPS) is 21.6. The fourth-order valence-electron chi connectivity index (χ4n) is 3.81. The van der Waals surface area contributed by atoms with Crippen LogP contribution in [0.15, 0.2) is 45.9 Å². The SMILES string of the molecule is CN=C(NCc1cc(-c2ccccc2)no1)N1CCC(N2CCOCC2)C1. The van der Waals surface area contributed by atoms with E-state index in [0.29, 0.717) is 12.6 Å². The summed E-state index contributed by atoms with van der Waals surface area (Å²) in [5.41, 5.74) is 1.92. The van der Waals surface area contributed by atoms with Gasteiger partial charge >= 0.3 is 0 Å². The molecule has 27 heavy (non-hydrogen) atoms. The van der Waals surface area contributed by atoms with Gasteiger partial charge in [-0.15, -0.1) is 0 Å². The van der Waals surface area contributed by atoms with Gasteiger partial charge in [-0.05, 0) is 6.42 Å². The number of aromatic nitrogens is 1. The minimum atomic E-state index is 0.575. The summed E-state index contributed by atoms with van der Waals surface area (Å²) < 4.78 is 11.0. The van der Waals surface area contributed by atoms with E-state index in [1.807, 2.05) is 43.4 Å². The Morgan fingerprint density at radius 2 is 2.04 bits per heavy atom. The quantitative estimate of drug-likeness (QED) is 0.655. The number of morpholine rings is 1. The van der Waals surface area contributed by atoms with Gasteiger partial charge in [-0.25, -0.2) is 0 Å². The van der Waals surface area contributed by atoms with Crippen molar-refractivity contribution in [2.24, 2.45) is 4.99 Å². The van der Waals surface area contributed by atoms with Crippen LogP contribution in [0.5, 0.6) is 0 Å². The molecule has 0 bridgehead atoms. The summed E-state index contributed by atoms with van der Waals surface area (Å²) in [5.74, 6) is 1.72. The lowest BCUT2D eigenvalue weighted by atomic mass is 10.1. The molecule has 2 saturated heterocycles. The summed E-state index contributed by atoms with van der Waals surface area (Å²) in [6.07, 6.45) is 1.17. The second-order valence-corrected chi connectivity index (χ2v) is 6.98. The number of benzene rings is 1. The summed E-state index contributed by atoms with van der Waals surface area (Å²) in [4.78, 5) is 9.32. The van der Waals surface area contributed by atoms with Crippen LogP contribution in [-0.2, 0) is 11.3 Å². The van der Waals surface area contributed by atoms with Crippen molar-refractivity contribution < 1.29 is 9.26 Å². The first-order chi connectivity index (χ1) is 13.3. The molecule has 0 spiro atoms. The van der Waals surface area contributed by atoms with E-state index in [1.54, 1.807) is 0 Å². The Bertz CT molecular complexity index is 755. The molecule has 7 nitrogen and oxygen atoms in total. The summed E-state index contributed by atoms with van der Waals surface area (Å²) in [5, 5.41) is 7.59. The van der Waals surface area contributed by atoms with Crippen LogP contribution >= 0.6 is 0 Å². The molecule has 1 aromatic heterocycles. The van der Waals surface area contributed by atoms with Gasteiger partial charge in [-0.3, -0.25) is 9.89 Å². The number of nitrogens with zero attached hydrogens (tertiary/aromatic N) is 4. The monoisotopic (exact) mass is 369 g/mol. The van der Waals surface area contributed by atoms with Crippen molar-refractivity contribution in [3.63, 3.8) is 0 Å². The summed E-state index contributed by atoms with van der Waals surface area (Å²) in [7, 11) is 1.83. The molecule has 2 aliphatic rings.